The van der Waals surface area contributed by atoms with Crippen molar-refractivity contribution in [2.45, 2.75) is 73.0 Å². The molecule has 180 valence electrons. The lowest BCUT2D eigenvalue weighted by molar-refractivity contribution is -0.122. The minimum atomic E-state index is -0.473. The molecule has 0 bridgehead atoms. The van der Waals surface area contributed by atoms with Gasteiger partial charge in [0, 0.05) is 18.4 Å². The number of carbonyl (C=O) groups excluding carboxylic acids is 1. The van der Waals surface area contributed by atoms with Crippen LogP contribution in [0.3, 0.4) is 0 Å². The maximum Gasteiger partial charge on any atom is 0.288 e. The van der Waals surface area contributed by atoms with Crippen molar-refractivity contribution in [3.63, 3.8) is 0 Å². The molecule has 1 aliphatic carbocycles. The Hall–Kier alpha value is -2.41. The van der Waals surface area contributed by atoms with E-state index in [2.05, 4.69) is 55.3 Å². The van der Waals surface area contributed by atoms with E-state index in [1.54, 1.807) is 18.6 Å². The van der Waals surface area contributed by atoms with Crippen LogP contribution in [0.5, 0.6) is 0 Å². The van der Waals surface area contributed by atoms with Gasteiger partial charge in [-0.05, 0) is 53.7 Å². The number of nitrogens with one attached hydrogen (secondary N) is 2. The SMILES string of the molecule is CCC(NC(=O)Cn1ncc(N[C@@H]2C[C@H](C)C(C)(C)[C@H](C)[C@H]2C)c(Cl)c1=O)c1ccncc1. The van der Waals surface area contributed by atoms with E-state index in [1.165, 1.54) is 0 Å². The molecule has 1 saturated carbocycles. The van der Waals surface area contributed by atoms with Crippen molar-refractivity contribution < 1.29 is 4.79 Å². The zero-order valence-electron chi connectivity index (χ0n) is 20.4. The molecule has 2 aromatic heterocycles. The monoisotopic (exact) mass is 473 g/mol. The summed E-state index contributed by atoms with van der Waals surface area (Å²) >= 11 is 6.43. The summed E-state index contributed by atoms with van der Waals surface area (Å²) in [5.41, 5.74) is 1.27. The van der Waals surface area contributed by atoms with Crippen LogP contribution < -0.4 is 16.2 Å². The average Bonchev–Trinajstić information content (AvgIpc) is 2.80. The zero-order chi connectivity index (χ0) is 24.3. The van der Waals surface area contributed by atoms with Gasteiger partial charge in [0.05, 0.1) is 17.9 Å². The van der Waals surface area contributed by atoms with Crippen LogP contribution in [-0.4, -0.2) is 26.7 Å². The molecule has 3 rings (SSSR count). The van der Waals surface area contributed by atoms with Crippen LogP contribution in [0.25, 0.3) is 0 Å². The van der Waals surface area contributed by atoms with E-state index >= 15 is 0 Å². The van der Waals surface area contributed by atoms with Crippen LogP contribution in [0.15, 0.2) is 35.5 Å². The van der Waals surface area contributed by atoms with Gasteiger partial charge in [0.15, 0.2) is 0 Å². The summed E-state index contributed by atoms with van der Waals surface area (Å²) in [6.07, 6.45) is 6.65. The number of nitrogens with zero attached hydrogens (tertiary/aromatic N) is 3. The Morgan fingerprint density at radius 2 is 1.94 bits per heavy atom. The predicted molar refractivity (Wildman–Crippen MR) is 132 cm³/mol. The second-order valence-electron chi connectivity index (χ2n) is 10.0. The number of hydrogen-bond acceptors (Lipinski definition) is 5. The fraction of sp³-hybridized carbons (Fsp3) is 0.600. The molecule has 2 heterocycles. The van der Waals surface area contributed by atoms with E-state index in [0.717, 1.165) is 23.1 Å². The molecule has 0 radical (unpaired) electrons. The second-order valence-corrected chi connectivity index (χ2v) is 10.4. The molecule has 2 N–H and O–H groups in total. The first kappa shape index (κ1) is 25.2. The standard InChI is InChI=1S/C25H36ClN5O2/c1-7-19(18-8-10-27-11-9-18)30-22(32)14-31-24(33)23(26)21(13-28-31)29-20-12-15(2)25(5,6)17(4)16(20)3/h8-11,13,15-17,19-20,29H,7,12,14H2,1-6H3,(H,30,32)/t15-,16+,17+,19?,20+/m0/s1. The van der Waals surface area contributed by atoms with Gasteiger partial charge in [-0.1, -0.05) is 53.1 Å². The molecule has 0 aliphatic heterocycles. The molecule has 33 heavy (non-hydrogen) atoms. The predicted octanol–water partition coefficient (Wildman–Crippen LogP) is 4.68. The van der Waals surface area contributed by atoms with Gasteiger partial charge in [-0.3, -0.25) is 14.6 Å². The number of anilines is 1. The number of amides is 1. The summed E-state index contributed by atoms with van der Waals surface area (Å²) < 4.78 is 1.11. The Kier molecular flexibility index (Phi) is 7.83. The highest BCUT2D eigenvalue weighted by Gasteiger charge is 2.43. The molecule has 7 nitrogen and oxygen atoms in total. The van der Waals surface area contributed by atoms with Gasteiger partial charge in [0.1, 0.15) is 11.6 Å². The van der Waals surface area contributed by atoms with Gasteiger partial charge < -0.3 is 10.6 Å². The number of halogens is 1. The normalized spacial score (nSPS) is 25.3. The molecule has 1 amide bonds. The van der Waals surface area contributed by atoms with Crippen LogP contribution in [0.4, 0.5) is 5.69 Å². The highest BCUT2D eigenvalue weighted by molar-refractivity contribution is 6.32. The Morgan fingerprint density at radius 3 is 2.58 bits per heavy atom. The third kappa shape index (κ3) is 5.40. The minimum Gasteiger partial charge on any atom is -0.379 e. The molecule has 0 saturated heterocycles. The quantitative estimate of drug-likeness (QED) is 0.609. The maximum atomic E-state index is 12.8. The third-order valence-corrected chi connectivity index (χ3v) is 8.31. The summed E-state index contributed by atoms with van der Waals surface area (Å²) in [7, 11) is 0. The maximum absolute atomic E-state index is 12.8. The summed E-state index contributed by atoms with van der Waals surface area (Å²) in [6.45, 7) is 13.3. The zero-order valence-corrected chi connectivity index (χ0v) is 21.2. The molecule has 1 aliphatic rings. The fourth-order valence-electron chi connectivity index (χ4n) is 4.84. The minimum absolute atomic E-state index is 0.0660. The van der Waals surface area contributed by atoms with Crippen LogP contribution in [0.2, 0.25) is 5.02 Å². The van der Waals surface area contributed by atoms with Crippen LogP contribution >= 0.6 is 11.6 Å². The van der Waals surface area contributed by atoms with E-state index < -0.39 is 5.56 Å². The topological polar surface area (TPSA) is 88.9 Å². The molecule has 0 aromatic carbocycles. The van der Waals surface area contributed by atoms with E-state index in [4.69, 9.17) is 11.6 Å². The summed E-state index contributed by atoms with van der Waals surface area (Å²) in [6, 6.07) is 3.77. The highest BCUT2D eigenvalue weighted by Crippen LogP contribution is 2.48. The number of carbonyl (C=O) groups is 1. The second kappa shape index (κ2) is 10.2. The van der Waals surface area contributed by atoms with Crippen molar-refractivity contribution in [1.29, 1.82) is 0 Å². The first-order valence-corrected chi connectivity index (χ1v) is 12.1. The Morgan fingerprint density at radius 1 is 1.27 bits per heavy atom. The van der Waals surface area contributed by atoms with Gasteiger partial charge in [0.2, 0.25) is 5.91 Å². The lowest BCUT2D eigenvalue weighted by Gasteiger charge is -2.50. The molecule has 0 spiro atoms. The van der Waals surface area contributed by atoms with E-state index in [9.17, 15) is 9.59 Å². The smallest absolute Gasteiger partial charge is 0.288 e. The van der Waals surface area contributed by atoms with Crippen molar-refractivity contribution in [2.24, 2.45) is 23.2 Å². The Balaban J connectivity index is 1.70. The fourth-order valence-corrected chi connectivity index (χ4v) is 5.04. The van der Waals surface area contributed by atoms with Gasteiger partial charge in [-0.2, -0.15) is 5.10 Å². The first-order chi connectivity index (χ1) is 15.6. The van der Waals surface area contributed by atoms with Gasteiger partial charge >= 0.3 is 0 Å². The molecule has 1 fully saturated rings. The first-order valence-electron chi connectivity index (χ1n) is 11.8. The number of aromatic nitrogens is 3. The third-order valence-electron chi connectivity index (χ3n) is 7.95. The van der Waals surface area contributed by atoms with E-state index in [0.29, 0.717) is 23.4 Å². The lowest BCUT2D eigenvalue weighted by Crippen LogP contribution is -2.48. The molecule has 2 aromatic rings. The number of pyridine rings is 1. The highest BCUT2D eigenvalue weighted by atomic mass is 35.5. The largest absolute Gasteiger partial charge is 0.379 e. The molecular weight excluding hydrogens is 438 g/mol. The van der Waals surface area contributed by atoms with E-state index in [-0.39, 0.29) is 35.0 Å². The summed E-state index contributed by atoms with van der Waals surface area (Å²) in [5, 5.41) is 10.7. The molecule has 1 unspecified atom stereocenters. The Labute approximate surface area is 201 Å². The number of rotatable bonds is 7. The van der Waals surface area contributed by atoms with Crippen LogP contribution in [0, 0.1) is 23.2 Å². The molecule has 5 atom stereocenters. The Bertz CT molecular complexity index is 1020. The van der Waals surface area contributed by atoms with Gasteiger partial charge in [-0.15, -0.1) is 0 Å². The molecular formula is C25H36ClN5O2. The van der Waals surface area contributed by atoms with Crippen molar-refractivity contribution in [3.8, 4) is 0 Å². The van der Waals surface area contributed by atoms with Crippen LogP contribution in [0.1, 0.15) is 66.0 Å². The number of hydrogen-bond donors (Lipinski definition) is 2. The van der Waals surface area contributed by atoms with E-state index in [1.807, 2.05) is 19.1 Å². The lowest BCUT2D eigenvalue weighted by atomic mass is 9.58. The van der Waals surface area contributed by atoms with Crippen molar-refractivity contribution in [1.82, 2.24) is 20.1 Å². The van der Waals surface area contributed by atoms with Crippen molar-refractivity contribution >= 4 is 23.2 Å². The van der Waals surface area contributed by atoms with Gasteiger partial charge in [-0.25, -0.2) is 4.68 Å². The molecule has 8 heteroatoms. The van der Waals surface area contributed by atoms with Crippen molar-refractivity contribution in [3.05, 3.63) is 51.7 Å². The summed E-state index contributed by atoms with van der Waals surface area (Å²) in [5.74, 6) is 1.17. The van der Waals surface area contributed by atoms with Crippen LogP contribution in [-0.2, 0) is 11.3 Å². The van der Waals surface area contributed by atoms with Gasteiger partial charge in [0.25, 0.3) is 5.56 Å². The average molecular weight is 474 g/mol. The summed E-state index contributed by atoms with van der Waals surface area (Å²) in [4.78, 5) is 29.5. The van der Waals surface area contributed by atoms with Crippen molar-refractivity contribution in [2.75, 3.05) is 5.32 Å².